The van der Waals surface area contributed by atoms with Crippen LogP contribution in [0.15, 0.2) is 42.5 Å². The molecule has 0 radical (unpaired) electrons. The van der Waals surface area contributed by atoms with Crippen LogP contribution >= 0.6 is 0 Å². The predicted octanol–water partition coefficient (Wildman–Crippen LogP) is 3.79. The van der Waals surface area contributed by atoms with Gasteiger partial charge in [0.05, 0.1) is 16.8 Å². The Hall–Kier alpha value is -3.61. The lowest BCUT2D eigenvalue weighted by atomic mass is 10.0. The fourth-order valence-corrected chi connectivity index (χ4v) is 3.76. The highest BCUT2D eigenvalue weighted by molar-refractivity contribution is 5.99. The van der Waals surface area contributed by atoms with E-state index >= 15 is 0 Å². The summed E-state index contributed by atoms with van der Waals surface area (Å²) in [5.74, 6) is 0.558. The second-order valence-electron chi connectivity index (χ2n) is 7.39. The molecule has 160 valence electrons. The molecule has 0 spiro atoms. The smallest absolute Gasteiger partial charge is 0.340 e. The number of benzene rings is 2. The molecule has 0 aliphatic carbocycles. The van der Waals surface area contributed by atoms with E-state index in [4.69, 9.17) is 14.2 Å². The standard InChI is InChI=1S/C24H24N2O5/c1-4-26(12-17-9-10-20-21(11-17)31-14-30-20)22(27)13-29-24(28)23-15(2)18-7-5-6-8-19(18)25-16(23)3/h5-11H,4,12-14H2,1-3H3. The van der Waals surface area contributed by atoms with Crippen molar-refractivity contribution in [3.8, 4) is 11.5 Å². The highest BCUT2D eigenvalue weighted by atomic mass is 16.7. The van der Waals surface area contributed by atoms with E-state index in [1.165, 1.54) is 0 Å². The number of fused-ring (bicyclic) bond motifs is 2. The Bertz CT molecular complexity index is 1160. The molecule has 2 aromatic carbocycles. The van der Waals surface area contributed by atoms with Crippen molar-refractivity contribution in [2.45, 2.75) is 27.3 Å². The molecule has 0 atom stereocenters. The number of rotatable bonds is 6. The summed E-state index contributed by atoms with van der Waals surface area (Å²) in [6.07, 6.45) is 0. The molecular weight excluding hydrogens is 396 g/mol. The van der Waals surface area contributed by atoms with E-state index in [1.807, 2.05) is 56.3 Å². The molecule has 4 rings (SSSR count). The Balaban J connectivity index is 1.44. The van der Waals surface area contributed by atoms with Gasteiger partial charge in [-0.15, -0.1) is 0 Å². The average Bonchev–Trinajstić information content (AvgIpc) is 3.23. The van der Waals surface area contributed by atoms with Gasteiger partial charge < -0.3 is 19.1 Å². The normalized spacial score (nSPS) is 12.1. The molecule has 0 bridgehead atoms. The van der Waals surface area contributed by atoms with E-state index in [0.717, 1.165) is 22.0 Å². The maximum atomic E-state index is 12.8. The van der Waals surface area contributed by atoms with Crippen LogP contribution in [0, 0.1) is 13.8 Å². The second kappa shape index (κ2) is 8.63. The van der Waals surface area contributed by atoms with Crippen LogP contribution in [0.25, 0.3) is 10.9 Å². The molecule has 1 aliphatic rings. The molecule has 7 heteroatoms. The first-order valence-electron chi connectivity index (χ1n) is 10.2. The maximum Gasteiger partial charge on any atom is 0.340 e. The largest absolute Gasteiger partial charge is 0.454 e. The van der Waals surface area contributed by atoms with Crippen molar-refractivity contribution in [2.24, 2.45) is 0 Å². The van der Waals surface area contributed by atoms with E-state index in [2.05, 4.69) is 4.98 Å². The van der Waals surface area contributed by atoms with E-state index in [1.54, 1.807) is 11.8 Å². The summed E-state index contributed by atoms with van der Waals surface area (Å²) in [6.45, 7) is 6.27. The molecule has 7 nitrogen and oxygen atoms in total. The molecule has 1 amide bonds. The number of aromatic nitrogens is 1. The Labute approximate surface area is 180 Å². The lowest BCUT2D eigenvalue weighted by Crippen LogP contribution is -2.34. The van der Waals surface area contributed by atoms with E-state index in [9.17, 15) is 9.59 Å². The van der Waals surface area contributed by atoms with Crippen LogP contribution in [-0.4, -0.2) is 41.7 Å². The Morgan fingerprint density at radius 3 is 2.68 bits per heavy atom. The Morgan fingerprint density at radius 2 is 1.87 bits per heavy atom. The van der Waals surface area contributed by atoms with Crippen molar-refractivity contribution in [1.82, 2.24) is 9.88 Å². The van der Waals surface area contributed by atoms with Gasteiger partial charge >= 0.3 is 5.97 Å². The highest BCUT2D eigenvalue weighted by Crippen LogP contribution is 2.32. The van der Waals surface area contributed by atoms with Gasteiger partial charge in [0.15, 0.2) is 18.1 Å². The van der Waals surface area contributed by atoms with Crippen molar-refractivity contribution in [1.29, 1.82) is 0 Å². The van der Waals surface area contributed by atoms with Crippen molar-refractivity contribution >= 4 is 22.8 Å². The average molecular weight is 420 g/mol. The molecule has 0 fully saturated rings. The van der Waals surface area contributed by atoms with Crippen LogP contribution < -0.4 is 9.47 Å². The van der Waals surface area contributed by atoms with Gasteiger partial charge in [-0.25, -0.2) is 4.79 Å². The van der Waals surface area contributed by atoms with Gasteiger partial charge in [0.2, 0.25) is 6.79 Å². The summed E-state index contributed by atoms with van der Waals surface area (Å²) in [5.41, 5.74) is 3.53. The number of carbonyl (C=O) groups excluding carboxylic acids is 2. The Kier molecular flexibility index (Phi) is 5.75. The lowest BCUT2D eigenvalue weighted by Gasteiger charge is -2.21. The number of ether oxygens (including phenoxy) is 3. The summed E-state index contributed by atoms with van der Waals surface area (Å²) in [5, 5.41) is 0.893. The van der Waals surface area contributed by atoms with Crippen LogP contribution in [0.5, 0.6) is 11.5 Å². The van der Waals surface area contributed by atoms with E-state index in [-0.39, 0.29) is 19.3 Å². The third kappa shape index (κ3) is 4.17. The van der Waals surface area contributed by atoms with Gasteiger partial charge in [0.25, 0.3) is 5.91 Å². The monoisotopic (exact) mass is 420 g/mol. The Morgan fingerprint density at radius 1 is 1.10 bits per heavy atom. The zero-order chi connectivity index (χ0) is 22.0. The summed E-state index contributed by atoms with van der Waals surface area (Å²) in [7, 11) is 0. The topological polar surface area (TPSA) is 78.0 Å². The maximum absolute atomic E-state index is 12.8. The third-order valence-electron chi connectivity index (χ3n) is 5.41. The molecule has 1 aliphatic heterocycles. The van der Waals surface area contributed by atoms with E-state index in [0.29, 0.717) is 35.8 Å². The first kappa shape index (κ1) is 20.7. The minimum Gasteiger partial charge on any atom is -0.454 e. The zero-order valence-corrected chi connectivity index (χ0v) is 17.8. The molecule has 1 aromatic heterocycles. The molecule has 0 saturated carbocycles. The number of carbonyl (C=O) groups is 2. The fraction of sp³-hybridized carbons (Fsp3) is 0.292. The molecule has 0 N–H and O–H groups in total. The highest BCUT2D eigenvalue weighted by Gasteiger charge is 2.21. The fourth-order valence-electron chi connectivity index (χ4n) is 3.76. The van der Waals surface area contributed by atoms with Gasteiger partial charge in [0.1, 0.15) is 0 Å². The summed E-state index contributed by atoms with van der Waals surface area (Å²) >= 11 is 0. The lowest BCUT2D eigenvalue weighted by molar-refractivity contribution is -0.134. The number of aryl methyl sites for hydroxylation is 2. The van der Waals surface area contributed by atoms with Crippen molar-refractivity contribution in [3.05, 3.63) is 64.8 Å². The van der Waals surface area contributed by atoms with Crippen LogP contribution in [0.1, 0.15) is 34.1 Å². The molecular formula is C24H24N2O5. The van der Waals surface area contributed by atoms with Gasteiger partial charge in [-0.1, -0.05) is 24.3 Å². The number of esters is 1. The molecule has 0 saturated heterocycles. The van der Waals surface area contributed by atoms with Crippen LogP contribution in [-0.2, 0) is 16.1 Å². The number of hydrogen-bond donors (Lipinski definition) is 0. The minimum atomic E-state index is -0.541. The molecule has 0 unspecified atom stereocenters. The predicted molar refractivity (Wildman–Crippen MR) is 115 cm³/mol. The van der Waals surface area contributed by atoms with Crippen LogP contribution in [0.3, 0.4) is 0 Å². The summed E-state index contributed by atoms with van der Waals surface area (Å²) in [4.78, 5) is 31.6. The van der Waals surface area contributed by atoms with Gasteiger partial charge in [-0.2, -0.15) is 0 Å². The number of likely N-dealkylation sites (N-methyl/N-ethyl adjacent to an activating group) is 1. The van der Waals surface area contributed by atoms with Crippen molar-refractivity contribution in [3.63, 3.8) is 0 Å². The quantitative estimate of drug-likeness (QED) is 0.565. The number of para-hydroxylation sites is 1. The number of hydrogen-bond acceptors (Lipinski definition) is 6. The second-order valence-corrected chi connectivity index (χ2v) is 7.39. The summed E-state index contributed by atoms with van der Waals surface area (Å²) in [6, 6.07) is 13.2. The number of amides is 1. The number of pyridine rings is 1. The van der Waals surface area contributed by atoms with Crippen LogP contribution in [0.4, 0.5) is 0 Å². The van der Waals surface area contributed by atoms with Gasteiger partial charge in [0, 0.05) is 18.5 Å². The third-order valence-corrected chi connectivity index (χ3v) is 5.41. The zero-order valence-electron chi connectivity index (χ0n) is 17.8. The van der Waals surface area contributed by atoms with E-state index < -0.39 is 5.97 Å². The van der Waals surface area contributed by atoms with Crippen molar-refractivity contribution in [2.75, 3.05) is 19.9 Å². The van der Waals surface area contributed by atoms with Crippen LogP contribution in [0.2, 0.25) is 0 Å². The minimum absolute atomic E-state index is 0.202. The molecule has 2 heterocycles. The van der Waals surface area contributed by atoms with Crippen molar-refractivity contribution < 1.29 is 23.8 Å². The summed E-state index contributed by atoms with van der Waals surface area (Å²) < 4.78 is 16.1. The SMILES string of the molecule is CCN(Cc1ccc2c(c1)OCO2)C(=O)COC(=O)c1c(C)nc2ccccc2c1C. The first-order valence-corrected chi connectivity index (χ1v) is 10.2. The molecule has 31 heavy (non-hydrogen) atoms. The van der Waals surface area contributed by atoms with Gasteiger partial charge in [-0.05, 0) is 50.1 Å². The molecule has 3 aromatic rings. The first-order chi connectivity index (χ1) is 15.0. The number of nitrogens with zero attached hydrogens (tertiary/aromatic N) is 2. The van der Waals surface area contributed by atoms with Gasteiger partial charge in [-0.3, -0.25) is 9.78 Å².